The Kier molecular flexibility index (Phi) is 4.91. The van der Waals surface area contributed by atoms with Crippen LogP contribution in [0.4, 0.5) is 4.79 Å². The van der Waals surface area contributed by atoms with Crippen molar-refractivity contribution < 1.29 is 32.3 Å². The lowest BCUT2D eigenvalue weighted by Gasteiger charge is -2.14. The van der Waals surface area contributed by atoms with Gasteiger partial charge in [-0.05, 0) is 30.2 Å². The summed E-state index contributed by atoms with van der Waals surface area (Å²) in [4.78, 5) is 37.9. The minimum atomic E-state index is -3.26. The van der Waals surface area contributed by atoms with Crippen molar-refractivity contribution in [2.24, 2.45) is 0 Å². The summed E-state index contributed by atoms with van der Waals surface area (Å²) in [6.07, 6.45) is 1.53. The summed E-state index contributed by atoms with van der Waals surface area (Å²) in [5, 5.41) is 6.25. The van der Waals surface area contributed by atoms with Gasteiger partial charge in [0.05, 0.1) is 18.3 Å². The van der Waals surface area contributed by atoms with Gasteiger partial charge in [-0.3, -0.25) is 14.5 Å². The molecule has 4 amide bonds. The molecule has 0 saturated carbocycles. The standard InChI is InChI=1S/C18H19N3O7S/c22-16(19-12-5-6-29(25,26)9-12)4-2-13-17(23)21(18(24)20-13)8-11-1-3-14-15(7-11)28-10-27-14/h1,3,5-7,12-13H,2,4,8-10H2,(H,19,22)(H,20,24)/t12-,13-/m0/s1. The number of hydrogen-bond acceptors (Lipinski definition) is 7. The summed E-state index contributed by atoms with van der Waals surface area (Å²) in [7, 11) is -3.26. The van der Waals surface area contributed by atoms with Crippen LogP contribution in [0.3, 0.4) is 0 Å². The Morgan fingerprint density at radius 2 is 2.03 bits per heavy atom. The van der Waals surface area contributed by atoms with Crippen LogP contribution < -0.4 is 20.1 Å². The van der Waals surface area contributed by atoms with Gasteiger partial charge in [-0.25, -0.2) is 13.2 Å². The molecule has 0 radical (unpaired) electrons. The molecule has 0 bridgehead atoms. The zero-order valence-corrected chi connectivity index (χ0v) is 16.1. The molecule has 3 heterocycles. The van der Waals surface area contributed by atoms with Crippen LogP contribution in [0.15, 0.2) is 29.7 Å². The van der Waals surface area contributed by atoms with Crippen LogP contribution in [0.5, 0.6) is 11.5 Å². The molecule has 3 aliphatic rings. The second kappa shape index (κ2) is 7.39. The molecular formula is C18H19N3O7S. The number of benzene rings is 1. The average Bonchev–Trinajstić information content (AvgIpc) is 3.33. The predicted molar refractivity (Wildman–Crippen MR) is 99.5 cm³/mol. The smallest absolute Gasteiger partial charge is 0.325 e. The lowest BCUT2D eigenvalue weighted by Crippen LogP contribution is -2.37. The average molecular weight is 421 g/mol. The fourth-order valence-corrected chi connectivity index (χ4v) is 4.60. The normalized spacial score (nSPS) is 24.1. The van der Waals surface area contributed by atoms with Crippen LogP contribution in [0.2, 0.25) is 0 Å². The molecule has 11 heteroatoms. The van der Waals surface area contributed by atoms with Gasteiger partial charge in [-0.1, -0.05) is 6.07 Å². The van der Waals surface area contributed by atoms with Gasteiger partial charge in [0.2, 0.25) is 12.7 Å². The molecule has 1 aromatic carbocycles. The maximum atomic E-state index is 12.6. The Hall–Kier alpha value is -3.08. The molecule has 0 spiro atoms. The Morgan fingerprint density at radius 3 is 2.79 bits per heavy atom. The fourth-order valence-electron chi connectivity index (χ4n) is 3.36. The van der Waals surface area contributed by atoms with E-state index in [4.69, 9.17) is 9.47 Å². The minimum absolute atomic E-state index is 0.0149. The summed E-state index contributed by atoms with van der Waals surface area (Å²) in [6, 6.07) is 3.29. The van der Waals surface area contributed by atoms with Crippen LogP contribution in [0, 0.1) is 0 Å². The van der Waals surface area contributed by atoms with Crippen molar-refractivity contribution in [2.45, 2.75) is 31.5 Å². The van der Waals surface area contributed by atoms with E-state index in [0.717, 1.165) is 10.3 Å². The molecule has 1 aromatic rings. The molecule has 4 rings (SSSR count). The van der Waals surface area contributed by atoms with Gasteiger partial charge in [0, 0.05) is 11.8 Å². The first-order valence-electron chi connectivity index (χ1n) is 9.01. The van der Waals surface area contributed by atoms with E-state index in [2.05, 4.69) is 10.6 Å². The summed E-state index contributed by atoms with van der Waals surface area (Å²) < 4.78 is 33.3. The third-order valence-corrected chi connectivity index (χ3v) is 6.22. The number of carbonyl (C=O) groups is 3. The second-order valence-electron chi connectivity index (χ2n) is 6.98. The molecule has 2 N–H and O–H groups in total. The predicted octanol–water partition coefficient (Wildman–Crippen LogP) is 0.0428. The number of sulfone groups is 1. The quantitative estimate of drug-likeness (QED) is 0.620. The number of hydrogen-bond donors (Lipinski definition) is 2. The third-order valence-electron chi connectivity index (χ3n) is 4.82. The first-order chi connectivity index (χ1) is 13.8. The molecule has 2 atom stereocenters. The lowest BCUT2D eigenvalue weighted by atomic mass is 10.1. The number of amides is 4. The number of imide groups is 1. The highest BCUT2D eigenvalue weighted by Gasteiger charge is 2.38. The number of rotatable bonds is 6. The SMILES string of the molecule is O=C(CC[C@@H]1NC(=O)N(Cc2ccc3c(c2)OCO3)C1=O)N[C@H]1C=CS(=O)(=O)C1. The zero-order chi connectivity index (χ0) is 20.6. The molecule has 0 aromatic heterocycles. The number of ether oxygens (including phenoxy) is 2. The molecule has 154 valence electrons. The molecular weight excluding hydrogens is 402 g/mol. The summed E-state index contributed by atoms with van der Waals surface area (Å²) in [5.41, 5.74) is 0.713. The van der Waals surface area contributed by atoms with E-state index in [9.17, 15) is 22.8 Å². The highest BCUT2D eigenvalue weighted by atomic mass is 32.2. The molecule has 3 aliphatic heterocycles. The Labute approximate surface area is 166 Å². The van der Waals surface area contributed by atoms with Crippen LogP contribution in [0.25, 0.3) is 0 Å². The molecule has 29 heavy (non-hydrogen) atoms. The van der Waals surface area contributed by atoms with Crippen molar-refractivity contribution >= 4 is 27.7 Å². The molecule has 0 aliphatic carbocycles. The highest BCUT2D eigenvalue weighted by Crippen LogP contribution is 2.33. The minimum Gasteiger partial charge on any atom is -0.454 e. The lowest BCUT2D eigenvalue weighted by molar-refractivity contribution is -0.128. The van der Waals surface area contributed by atoms with Gasteiger partial charge in [0.25, 0.3) is 5.91 Å². The van der Waals surface area contributed by atoms with E-state index in [1.807, 2.05) is 0 Å². The Bertz CT molecular complexity index is 1000. The molecule has 1 saturated heterocycles. The molecule has 10 nitrogen and oxygen atoms in total. The fraction of sp³-hybridized carbons (Fsp3) is 0.389. The topological polar surface area (TPSA) is 131 Å². The second-order valence-corrected chi connectivity index (χ2v) is 8.92. The highest BCUT2D eigenvalue weighted by molar-refractivity contribution is 7.94. The van der Waals surface area contributed by atoms with Gasteiger partial charge in [0.1, 0.15) is 6.04 Å². The van der Waals surface area contributed by atoms with Crippen LogP contribution in [-0.4, -0.2) is 55.8 Å². The van der Waals surface area contributed by atoms with Gasteiger partial charge in [0.15, 0.2) is 21.3 Å². The largest absolute Gasteiger partial charge is 0.454 e. The van der Waals surface area contributed by atoms with Crippen LogP contribution in [0.1, 0.15) is 18.4 Å². The number of nitrogens with one attached hydrogen (secondary N) is 2. The van der Waals surface area contributed by atoms with Crippen molar-refractivity contribution in [1.29, 1.82) is 0 Å². The van der Waals surface area contributed by atoms with E-state index < -0.39 is 33.9 Å². The van der Waals surface area contributed by atoms with Gasteiger partial charge in [-0.2, -0.15) is 0 Å². The van der Waals surface area contributed by atoms with Gasteiger partial charge in [-0.15, -0.1) is 0 Å². The van der Waals surface area contributed by atoms with Crippen molar-refractivity contribution in [3.8, 4) is 11.5 Å². The number of urea groups is 1. The first kappa shape index (κ1) is 19.2. The molecule has 0 unspecified atom stereocenters. The van der Waals surface area contributed by atoms with E-state index in [1.165, 1.54) is 6.08 Å². The summed E-state index contributed by atoms with van der Waals surface area (Å²) >= 11 is 0. The first-order valence-corrected chi connectivity index (χ1v) is 10.7. The maximum absolute atomic E-state index is 12.6. The van der Waals surface area contributed by atoms with Gasteiger partial charge < -0.3 is 20.1 Å². The Morgan fingerprint density at radius 1 is 1.24 bits per heavy atom. The van der Waals surface area contributed by atoms with Crippen LogP contribution in [-0.2, 0) is 26.0 Å². The van der Waals surface area contributed by atoms with Crippen LogP contribution >= 0.6 is 0 Å². The summed E-state index contributed by atoms with van der Waals surface area (Å²) in [6.45, 7) is 0.212. The summed E-state index contributed by atoms with van der Waals surface area (Å²) in [5.74, 6) is 0.212. The number of carbonyl (C=O) groups excluding carboxylic acids is 3. The van der Waals surface area contributed by atoms with Crippen molar-refractivity contribution in [3.05, 3.63) is 35.2 Å². The molecule has 1 fully saturated rings. The van der Waals surface area contributed by atoms with Crippen molar-refractivity contribution in [2.75, 3.05) is 12.5 Å². The third kappa shape index (κ3) is 4.19. The van der Waals surface area contributed by atoms with Crippen molar-refractivity contribution in [1.82, 2.24) is 15.5 Å². The monoisotopic (exact) mass is 421 g/mol. The van der Waals surface area contributed by atoms with Crippen molar-refractivity contribution in [3.63, 3.8) is 0 Å². The van der Waals surface area contributed by atoms with E-state index in [-0.39, 0.29) is 37.8 Å². The Balaban J connectivity index is 1.30. The van der Waals surface area contributed by atoms with E-state index >= 15 is 0 Å². The van der Waals surface area contributed by atoms with E-state index in [1.54, 1.807) is 18.2 Å². The van der Waals surface area contributed by atoms with E-state index in [0.29, 0.717) is 17.1 Å². The number of fused-ring (bicyclic) bond motifs is 1. The number of nitrogens with zero attached hydrogens (tertiary/aromatic N) is 1. The van der Waals surface area contributed by atoms with Gasteiger partial charge >= 0.3 is 6.03 Å². The maximum Gasteiger partial charge on any atom is 0.325 e. The zero-order valence-electron chi connectivity index (χ0n) is 15.3.